The molecule has 0 fully saturated rings. The molecular formula is C19H12Cl4O5S. The van der Waals surface area contributed by atoms with Gasteiger partial charge in [0.1, 0.15) is 11.5 Å². The number of phenols is 2. The van der Waals surface area contributed by atoms with Gasteiger partial charge in [0.05, 0.1) is 5.02 Å². The van der Waals surface area contributed by atoms with Crippen molar-refractivity contribution in [3.63, 3.8) is 0 Å². The maximum atomic E-state index is 13.0. The van der Waals surface area contributed by atoms with Gasteiger partial charge < -0.3 is 10.2 Å². The van der Waals surface area contributed by atoms with Crippen LogP contribution in [-0.2, 0) is 14.9 Å². The van der Waals surface area contributed by atoms with Gasteiger partial charge in [-0.15, -0.1) is 0 Å². The zero-order chi connectivity index (χ0) is 21.6. The van der Waals surface area contributed by atoms with Gasteiger partial charge in [-0.05, 0) is 35.9 Å². The number of halogens is 4. The molecule has 0 aliphatic carbocycles. The van der Waals surface area contributed by atoms with Crippen molar-refractivity contribution in [1.82, 2.24) is 0 Å². The average molecular weight is 494 g/mol. The highest BCUT2D eigenvalue weighted by Crippen LogP contribution is 2.52. The second kappa shape index (κ2) is 7.87. The van der Waals surface area contributed by atoms with Crippen molar-refractivity contribution in [1.29, 1.82) is 0 Å². The van der Waals surface area contributed by atoms with E-state index in [1.807, 2.05) is 0 Å². The Bertz CT molecular complexity index is 1190. The van der Waals surface area contributed by atoms with Crippen LogP contribution in [0, 0.1) is 0 Å². The first-order chi connectivity index (χ1) is 13.5. The lowest BCUT2D eigenvalue weighted by molar-refractivity contribution is 0.455. The summed E-state index contributed by atoms with van der Waals surface area (Å²) >= 11 is 25.0. The molecule has 0 heterocycles. The maximum Gasteiger partial charge on any atom is 0.283 e. The lowest BCUT2D eigenvalue weighted by Crippen LogP contribution is -2.39. The van der Waals surface area contributed by atoms with Crippen LogP contribution in [0.15, 0.2) is 54.6 Å². The molecule has 0 radical (unpaired) electrons. The third-order valence-electron chi connectivity index (χ3n) is 4.37. The third kappa shape index (κ3) is 3.65. The minimum absolute atomic E-state index is 0.0845. The van der Waals surface area contributed by atoms with Crippen molar-refractivity contribution >= 4 is 56.5 Å². The van der Waals surface area contributed by atoms with E-state index in [1.165, 1.54) is 36.4 Å². The molecule has 0 saturated heterocycles. The molecule has 0 aliphatic heterocycles. The SMILES string of the molecule is O=S(=O)(O)C(c1cccc(O)c1)(c1cc(Cl)c(O)cc1Cl)c1c(Cl)cccc1Cl. The summed E-state index contributed by atoms with van der Waals surface area (Å²) in [5.74, 6) is -0.675. The summed E-state index contributed by atoms with van der Waals surface area (Å²) in [7, 11) is -5.10. The summed E-state index contributed by atoms with van der Waals surface area (Å²) in [5.41, 5.74) is -0.510. The van der Waals surface area contributed by atoms with Gasteiger partial charge in [0.25, 0.3) is 10.1 Å². The van der Waals surface area contributed by atoms with Crippen LogP contribution in [0.5, 0.6) is 11.5 Å². The quantitative estimate of drug-likeness (QED) is 0.311. The van der Waals surface area contributed by atoms with Crippen LogP contribution >= 0.6 is 46.4 Å². The number of aromatic hydroxyl groups is 2. The first-order valence-electron chi connectivity index (χ1n) is 7.89. The van der Waals surface area contributed by atoms with Gasteiger partial charge >= 0.3 is 0 Å². The van der Waals surface area contributed by atoms with Crippen molar-refractivity contribution in [2.24, 2.45) is 0 Å². The van der Waals surface area contributed by atoms with Gasteiger partial charge in [0, 0.05) is 32.3 Å². The molecule has 152 valence electrons. The predicted molar refractivity (Wildman–Crippen MR) is 114 cm³/mol. The number of hydrogen-bond donors (Lipinski definition) is 3. The molecule has 0 saturated carbocycles. The third-order valence-corrected chi connectivity index (χ3v) is 7.05. The van der Waals surface area contributed by atoms with Crippen LogP contribution in [0.25, 0.3) is 0 Å². The zero-order valence-corrected chi connectivity index (χ0v) is 18.1. The molecule has 3 N–H and O–H groups in total. The Hall–Kier alpha value is -1.67. The lowest BCUT2D eigenvalue weighted by atomic mass is 9.83. The Morgan fingerprint density at radius 1 is 0.759 bits per heavy atom. The molecule has 0 spiro atoms. The summed E-state index contributed by atoms with van der Waals surface area (Å²) in [6.07, 6.45) is 0. The van der Waals surface area contributed by atoms with Crippen LogP contribution in [-0.4, -0.2) is 23.2 Å². The molecule has 3 aromatic rings. The molecule has 3 rings (SSSR count). The number of rotatable bonds is 4. The molecular weight excluding hydrogens is 482 g/mol. The van der Waals surface area contributed by atoms with Gasteiger partial charge in [-0.25, -0.2) is 0 Å². The largest absolute Gasteiger partial charge is 0.508 e. The van der Waals surface area contributed by atoms with E-state index in [0.717, 1.165) is 18.2 Å². The smallest absolute Gasteiger partial charge is 0.283 e. The molecule has 0 bridgehead atoms. The number of hydrogen-bond acceptors (Lipinski definition) is 4. The second-order valence-corrected chi connectivity index (χ2v) is 9.28. The minimum atomic E-state index is -5.10. The predicted octanol–water partition coefficient (Wildman–Crippen LogP) is 5.89. The second-order valence-electron chi connectivity index (χ2n) is 6.09. The lowest BCUT2D eigenvalue weighted by Gasteiger charge is -2.34. The maximum absolute atomic E-state index is 13.0. The van der Waals surface area contributed by atoms with Crippen molar-refractivity contribution in [3.05, 3.63) is 91.4 Å². The highest BCUT2D eigenvalue weighted by molar-refractivity contribution is 7.87. The van der Waals surface area contributed by atoms with Crippen molar-refractivity contribution in [3.8, 4) is 11.5 Å². The van der Waals surface area contributed by atoms with E-state index < -0.39 is 20.6 Å². The summed E-state index contributed by atoms with van der Waals surface area (Å²) in [5, 5.41) is 19.2. The Balaban J connectivity index is 2.66. The molecule has 29 heavy (non-hydrogen) atoms. The molecule has 1 atom stereocenters. The molecule has 0 amide bonds. The van der Waals surface area contributed by atoms with E-state index in [1.54, 1.807) is 0 Å². The van der Waals surface area contributed by atoms with Crippen molar-refractivity contribution < 1.29 is 23.2 Å². The highest BCUT2D eigenvalue weighted by Gasteiger charge is 2.52. The first kappa shape index (κ1) is 22.0. The Labute approximate surface area is 186 Å². The highest BCUT2D eigenvalue weighted by atomic mass is 35.5. The van der Waals surface area contributed by atoms with E-state index in [9.17, 15) is 23.2 Å². The van der Waals surface area contributed by atoms with Crippen LogP contribution in [0.1, 0.15) is 16.7 Å². The normalized spacial score (nSPS) is 13.8. The number of phenolic OH excluding ortho intramolecular Hbond substituents is 2. The van der Waals surface area contributed by atoms with Gasteiger partial charge in [-0.1, -0.05) is 64.6 Å². The zero-order valence-electron chi connectivity index (χ0n) is 14.3. The molecule has 1 unspecified atom stereocenters. The summed E-state index contributed by atoms with van der Waals surface area (Å²) in [4.78, 5) is 0. The van der Waals surface area contributed by atoms with Crippen molar-refractivity contribution in [2.45, 2.75) is 4.75 Å². The molecule has 10 heteroatoms. The Kier molecular flexibility index (Phi) is 5.98. The fourth-order valence-corrected chi connectivity index (χ4v) is 5.88. The molecule has 3 aromatic carbocycles. The topological polar surface area (TPSA) is 94.8 Å². The van der Waals surface area contributed by atoms with E-state index in [0.29, 0.717) is 0 Å². The summed E-state index contributed by atoms with van der Waals surface area (Å²) in [6.45, 7) is 0. The summed E-state index contributed by atoms with van der Waals surface area (Å²) < 4.78 is 34.1. The van der Waals surface area contributed by atoms with Gasteiger partial charge in [-0.2, -0.15) is 8.42 Å². The van der Waals surface area contributed by atoms with Crippen LogP contribution in [0.3, 0.4) is 0 Å². The van der Waals surface area contributed by atoms with E-state index in [4.69, 9.17) is 46.4 Å². The first-order valence-corrected chi connectivity index (χ1v) is 10.8. The van der Waals surface area contributed by atoms with Gasteiger partial charge in [-0.3, -0.25) is 4.55 Å². The van der Waals surface area contributed by atoms with Crippen LogP contribution in [0.4, 0.5) is 0 Å². The Morgan fingerprint density at radius 2 is 1.34 bits per heavy atom. The average Bonchev–Trinajstić information content (AvgIpc) is 2.61. The molecule has 5 nitrogen and oxygen atoms in total. The summed E-state index contributed by atoms with van der Waals surface area (Å²) in [6, 6.07) is 11.6. The van der Waals surface area contributed by atoms with Crippen LogP contribution < -0.4 is 0 Å². The number of benzene rings is 3. The van der Waals surface area contributed by atoms with Gasteiger partial charge in [0.2, 0.25) is 0 Å². The fraction of sp³-hybridized carbons (Fsp3) is 0.0526. The standard InChI is InChI=1S/C19H12Cl4O5S/c20-13-5-2-6-14(21)18(13)19(29(26,27)28,10-3-1-4-11(24)7-10)12-8-16(23)17(25)9-15(12)22/h1-9,24-25H,(H,26,27,28). The van der Waals surface area contributed by atoms with E-state index in [2.05, 4.69) is 0 Å². The fourth-order valence-electron chi connectivity index (χ4n) is 3.22. The monoisotopic (exact) mass is 492 g/mol. The van der Waals surface area contributed by atoms with Crippen LogP contribution in [0.2, 0.25) is 20.1 Å². The van der Waals surface area contributed by atoms with Crippen molar-refractivity contribution in [2.75, 3.05) is 0 Å². The van der Waals surface area contributed by atoms with E-state index >= 15 is 0 Å². The molecule has 0 aliphatic rings. The van der Waals surface area contributed by atoms with Gasteiger partial charge in [0.15, 0.2) is 4.75 Å². The Morgan fingerprint density at radius 3 is 1.90 bits per heavy atom. The molecule has 0 aromatic heterocycles. The van der Waals surface area contributed by atoms with E-state index in [-0.39, 0.29) is 42.5 Å². The minimum Gasteiger partial charge on any atom is -0.508 e.